The molecule has 1 amide bonds. The third-order valence-corrected chi connectivity index (χ3v) is 6.23. The summed E-state index contributed by atoms with van der Waals surface area (Å²) in [5.41, 5.74) is 2.24. The molecule has 4 rings (SSSR count). The molecule has 0 fully saturated rings. The Morgan fingerprint density at radius 2 is 1.76 bits per heavy atom. The van der Waals surface area contributed by atoms with E-state index in [0.717, 1.165) is 5.82 Å². The maximum absolute atomic E-state index is 12.4. The summed E-state index contributed by atoms with van der Waals surface area (Å²) in [7, 11) is 1.33. The number of hydrogen-bond donors (Lipinski definition) is 1. The first-order valence-corrected chi connectivity index (χ1v) is 11.6. The molecule has 3 aromatic carbocycles. The molecule has 1 aromatic heterocycles. The summed E-state index contributed by atoms with van der Waals surface area (Å²) >= 11 is 1.35. The van der Waals surface area contributed by atoms with Crippen LogP contribution in [0.25, 0.3) is 10.8 Å². The minimum absolute atomic E-state index is 0.160. The second-order valence-electron chi connectivity index (χ2n) is 7.36. The zero-order valence-electron chi connectivity index (χ0n) is 18.4. The van der Waals surface area contributed by atoms with Crippen molar-refractivity contribution in [3.63, 3.8) is 0 Å². The number of rotatable bonds is 8. The molecule has 168 valence electrons. The van der Waals surface area contributed by atoms with Gasteiger partial charge in [-0.15, -0.1) is 10.2 Å². The summed E-state index contributed by atoms with van der Waals surface area (Å²) in [6.07, 6.45) is 0.668. The van der Waals surface area contributed by atoms with Crippen molar-refractivity contribution < 1.29 is 14.3 Å². The Labute approximate surface area is 196 Å². The minimum Gasteiger partial charge on any atom is -0.465 e. The van der Waals surface area contributed by atoms with Gasteiger partial charge in [0.1, 0.15) is 5.82 Å². The van der Waals surface area contributed by atoms with Crippen molar-refractivity contribution in [2.45, 2.75) is 25.0 Å². The molecule has 0 aliphatic rings. The molecule has 0 unspecified atom stereocenters. The van der Waals surface area contributed by atoms with Crippen molar-refractivity contribution in [3.8, 4) is 0 Å². The highest BCUT2D eigenvalue weighted by molar-refractivity contribution is 7.99. The van der Waals surface area contributed by atoms with E-state index >= 15 is 0 Å². The van der Waals surface area contributed by atoms with Crippen molar-refractivity contribution >= 4 is 40.1 Å². The quantitative estimate of drug-likeness (QED) is 0.306. The van der Waals surface area contributed by atoms with Crippen LogP contribution in [-0.4, -0.2) is 39.5 Å². The highest BCUT2D eigenvalue weighted by Gasteiger charge is 2.15. The monoisotopic (exact) mass is 460 g/mol. The van der Waals surface area contributed by atoms with Crippen LogP contribution >= 0.6 is 11.8 Å². The van der Waals surface area contributed by atoms with E-state index in [-0.39, 0.29) is 11.7 Å². The van der Waals surface area contributed by atoms with Crippen LogP contribution in [0.1, 0.15) is 28.7 Å². The van der Waals surface area contributed by atoms with Crippen molar-refractivity contribution in [2.75, 3.05) is 18.2 Å². The number of carbonyl (C=O) groups excluding carboxylic acids is 2. The lowest BCUT2D eigenvalue weighted by Crippen LogP contribution is -2.15. The van der Waals surface area contributed by atoms with Gasteiger partial charge in [0.15, 0.2) is 5.16 Å². The van der Waals surface area contributed by atoms with Gasteiger partial charge in [-0.3, -0.25) is 4.79 Å². The van der Waals surface area contributed by atoms with Gasteiger partial charge in [0.2, 0.25) is 5.91 Å². The molecule has 7 nitrogen and oxygen atoms in total. The van der Waals surface area contributed by atoms with Crippen molar-refractivity contribution in [3.05, 3.63) is 83.7 Å². The number of benzene rings is 3. The molecule has 1 heterocycles. The van der Waals surface area contributed by atoms with Gasteiger partial charge >= 0.3 is 5.97 Å². The number of amides is 1. The van der Waals surface area contributed by atoms with Crippen LogP contribution in [0.5, 0.6) is 0 Å². The number of fused-ring (bicyclic) bond motifs is 1. The second kappa shape index (κ2) is 10.3. The fourth-order valence-corrected chi connectivity index (χ4v) is 4.45. The Morgan fingerprint density at radius 3 is 2.52 bits per heavy atom. The Morgan fingerprint density at radius 1 is 1.00 bits per heavy atom. The lowest BCUT2D eigenvalue weighted by molar-refractivity contribution is -0.113. The Bertz CT molecular complexity index is 1280. The smallest absolute Gasteiger partial charge is 0.337 e. The number of anilines is 1. The average molecular weight is 461 g/mol. The molecule has 0 aliphatic carbocycles. The zero-order valence-corrected chi connectivity index (χ0v) is 19.3. The maximum Gasteiger partial charge on any atom is 0.337 e. The fourth-order valence-electron chi connectivity index (χ4n) is 3.63. The number of carbonyl (C=O) groups is 2. The lowest BCUT2D eigenvalue weighted by Gasteiger charge is -2.09. The van der Waals surface area contributed by atoms with E-state index < -0.39 is 5.97 Å². The van der Waals surface area contributed by atoms with Gasteiger partial charge in [0, 0.05) is 18.7 Å². The number of aromatic nitrogens is 3. The van der Waals surface area contributed by atoms with Crippen molar-refractivity contribution in [2.24, 2.45) is 0 Å². The second-order valence-corrected chi connectivity index (χ2v) is 8.31. The number of nitrogens with one attached hydrogen (secondary N) is 1. The number of nitrogens with zero attached hydrogens (tertiary/aromatic N) is 3. The van der Waals surface area contributed by atoms with Crippen molar-refractivity contribution in [1.82, 2.24) is 14.8 Å². The van der Waals surface area contributed by atoms with Gasteiger partial charge in [0.05, 0.1) is 18.4 Å². The predicted molar refractivity (Wildman–Crippen MR) is 130 cm³/mol. The number of methoxy groups -OCH3 is 1. The van der Waals surface area contributed by atoms with Gasteiger partial charge in [-0.1, -0.05) is 54.2 Å². The molecular formula is C25H24N4O3S. The number of thioether (sulfide) groups is 1. The lowest BCUT2D eigenvalue weighted by atomic mass is 10.0. The van der Waals surface area contributed by atoms with Gasteiger partial charge in [-0.05, 0) is 47.5 Å². The van der Waals surface area contributed by atoms with Gasteiger partial charge in [-0.25, -0.2) is 4.79 Å². The third-order valence-electron chi connectivity index (χ3n) is 5.26. The highest BCUT2D eigenvalue weighted by atomic mass is 32.2. The highest BCUT2D eigenvalue weighted by Crippen LogP contribution is 2.23. The number of hydrogen-bond acceptors (Lipinski definition) is 6. The summed E-state index contributed by atoms with van der Waals surface area (Å²) in [5.74, 6) is 0.495. The van der Waals surface area contributed by atoms with E-state index in [1.807, 2.05) is 23.6 Å². The first kappa shape index (κ1) is 22.5. The summed E-state index contributed by atoms with van der Waals surface area (Å²) in [4.78, 5) is 23.9. The van der Waals surface area contributed by atoms with E-state index in [0.29, 0.717) is 29.4 Å². The topological polar surface area (TPSA) is 86.1 Å². The first-order valence-electron chi connectivity index (χ1n) is 10.6. The largest absolute Gasteiger partial charge is 0.465 e. The van der Waals surface area contributed by atoms with Crippen LogP contribution in [0, 0.1) is 0 Å². The number of esters is 1. The Kier molecular flexibility index (Phi) is 7.04. The van der Waals surface area contributed by atoms with E-state index in [1.165, 1.54) is 35.2 Å². The van der Waals surface area contributed by atoms with E-state index in [4.69, 9.17) is 0 Å². The molecule has 1 N–H and O–H groups in total. The summed E-state index contributed by atoms with van der Waals surface area (Å²) < 4.78 is 6.73. The van der Waals surface area contributed by atoms with Crippen LogP contribution in [0.4, 0.5) is 5.69 Å². The van der Waals surface area contributed by atoms with Gasteiger partial charge in [-0.2, -0.15) is 0 Å². The Hall–Kier alpha value is -3.65. The molecule has 8 heteroatoms. The SMILES string of the molecule is CCn1c(Cc2cccc3ccccc23)nnc1SCC(=O)Nc1ccc(C(=O)OC)cc1. The maximum atomic E-state index is 12.4. The molecule has 0 saturated heterocycles. The molecule has 4 aromatic rings. The van der Waals surface area contributed by atoms with E-state index in [1.54, 1.807) is 24.3 Å². The molecule has 0 saturated carbocycles. The Balaban J connectivity index is 1.41. The van der Waals surface area contributed by atoms with Crippen LogP contribution in [-0.2, 0) is 22.5 Å². The first-order chi connectivity index (χ1) is 16.1. The molecule has 0 aliphatic heterocycles. The summed E-state index contributed by atoms with van der Waals surface area (Å²) in [5, 5.41) is 14.7. The minimum atomic E-state index is -0.415. The third kappa shape index (κ3) is 5.23. The molecule has 0 bridgehead atoms. The molecule has 0 atom stereocenters. The van der Waals surface area contributed by atoms with Crippen LogP contribution in [0.15, 0.2) is 71.9 Å². The van der Waals surface area contributed by atoms with Crippen LogP contribution in [0.2, 0.25) is 0 Å². The molecule has 33 heavy (non-hydrogen) atoms. The van der Waals surface area contributed by atoms with Gasteiger partial charge in [0.25, 0.3) is 0 Å². The van der Waals surface area contributed by atoms with Crippen LogP contribution < -0.4 is 5.32 Å². The van der Waals surface area contributed by atoms with E-state index in [2.05, 4.69) is 50.6 Å². The fraction of sp³-hybridized carbons (Fsp3) is 0.200. The van der Waals surface area contributed by atoms with Crippen molar-refractivity contribution in [1.29, 1.82) is 0 Å². The van der Waals surface area contributed by atoms with Gasteiger partial charge < -0.3 is 14.6 Å². The normalized spacial score (nSPS) is 10.8. The average Bonchev–Trinajstić information content (AvgIpc) is 3.24. The van der Waals surface area contributed by atoms with Crippen LogP contribution in [0.3, 0.4) is 0 Å². The molecule has 0 radical (unpaired) electrons. The number of ether oxygens (including phenoxy) is 1. The summed E-state index contributed by atoms with van der Waals surface area (Å²) in [6, 6.07) is 21.1. The standard InChI is InChI=1S/C25H24N4O3S/c1-3-29-22(15-19-9-6-8-17-7-4-5-10-21(17)19)27-28-25(29)33-16-23(30)26-20-13-11-18(12-14-20)24(31)32-2/h4-14H,3,15-16H2,1-2H3,(H,26,30). The predicted octanol–water partition coefficient (Wildman–Crippen LogP) is 4.56. The zero-order chi connectivity index (χ0) is 23.2. The molecular weight excluding hydrogens is 436 g/mol. The van der Waals surface area contributed by atoms with E-state index in [9.17, 15) is 9.59 Å². The molecule has 0 spiro atoms. The summed E-state index contributed by atoms with van der Waals surface area (Å²) in [6.45, 7) is 2.76.